The third-order valence-corrected chi connectivity index (χ3v) is 6.18. The number of pyridine rings is 1. The molecule has 1 aliphatic rings. The maximum absolute atomic E-state index is 10.9. The molecule has 2 aromatic rings. The predicted molar refractivity (Wildman–Crippen MR) is 108 cm³/mol. The van der Waals surface area contributed by atoms with Crippen molar-refractivity contribution in [3.05, 3.63) is 46.5 Å². The van der Waals surface area contributed by atoms with E-state index in [9.17, 15) is 5.11 Å². The van der Waals surface area contributed by atoms with E-state index in [2.05, 4.69) is 28.8 Å². The van der Waals surface area contributed by atoms with E-state index in [0.717, 1.165) is 23.8 Å². The molecule has 1 atom stereocenters. The lowest BCUT2D eigenvalue weighted by Gasteiger charge is -2.24. The number of hydrogen-bond acceptors (Lipinski definition) is 4. The molecule has 2 aromatic heterocycles. The van der Waals surface area contributed by atoms with Gasteiger partial charge in [0.05, 0.1) is 18.0 Å². The second-order valence-electron chi connectivity index (χ2n) is 7.83. The average Bonchev–Trinajstić information content (AvgIpc) is 3.29. The SMILES string of the molecule is CS(C)(C)CCOCn1nc(CC2CC2)cc1C(O)c1cccnc1Cl. The van der Waals surface area contributed by atoms with Gasteiger partial charge < -0.3 is 9.84 Å². The summed E-state index contributed by atoms with van der Waals surface area (Å²) in [4.78, 5) is 4.07. The van der Waals surface area contributed by atoms with Gasteiger partial charge in [0.25, 0.3) is 0 Å². The number of nitrogens with zero attached hydrogens (tertiary/aromatic N) is 3. The molecule has 0 spiro atoms. The van der Waals surface area contributed by atoms with Crippen LogP contribution in [-0.4, -0.2) is 51.0 Å². The number of halogens is 1. The Balaban J connectivity index is 1.75. The molecule has 0 amide bonds. The van der Waals surface area contributed by atoms with Crippen molar-refractivity contribution in [2.45, 2.75) is 32.1 Å². The van der Waals surface area contributed by atoms with Crippen LogP contribution in [0.25, 0.3) is 0 Å². The molecule has 1 aliphatic carbocycles. The van der Waals surface area contributed by atoms with Crippen molar-refractivity contribution < 1.29 is 9.84 Å². The zero-order valence-corrected chi connectivity index (χ0v) is 17.3. The molecule has 7 heteroatoms. The molecule has 0 saturated heterocycles. The van der Waals surface area contributed by atoms with Crippen LogP contribution in [0.15, 0.2) is 24.4 Å². The van der Waals surface area contributed by atoms with Gasteiger partial charge in [0.2, 0.25) is 0 Å². The molecular formula is C19H28ClN3O2S. The van der Waals surface area contributed by atoms with Gasteiger partial charge in [0.15, 0.2) is 0 Å². The molecule has 0 aromatic carbocycles. The lowest BCUT2D eigenvalue weighted by atomic mass is 10.1. The van der Waals surface area contributed by atoms with Crippen molar-refractivity contribution in [1.82, 2.24) is 14.8 Å². The zero-order valence-electron chi connectivity index (χ0n) is 15.7. The van der Waals surface area contributed by atoms with Crippen molar-refractivity contribution in [3.8, 4) is 0 Å². The second-order valence-corrected chi connectivity index (χ2v) is 12.8. The average molecular weight is 398 g/mol. The third-order valence-electron chi connectivity index (χ3n) is 4.47. The summed E-state index contributed by atoms with van der Waals surface area (Å²) in [6.07, 6.45) is 11.1. The van der Waals surface area contributed by atoms with Gasteiger partial charge in [-0.1, -0.05) is 17.7 Å². The van der Waals surface area contributed by atoms with Crippen LogP contribution in [0.5, 0.6) is 0 Å². The van der Waals surface area contributed by atoms with Gasteiger partial charge in [0.1, 0.15) is 18.0 Å². The lowest BCUT2D eigenvalue weighted by Crippen LogP contribution is -2.15. The Bertz CT molecular complexity index is 741. The highest BCUT2D eigenvalue weighted by Gasteiger charge is 2.26. The summed E-state index contributed by atoms with van der Waals surface area (Å²) in [6.45, 7) is 1.03. The molecule has 1 fully saturated rings. The highest BCUT2D eigenvalue weighted by molar-refractivity contribution is 8.32. The Morgan fingerprint density at radius 1 is 1.38 bits per heavy atom. The zero-order chi connectivity index (χ0) is 18.7. The van der Waals surface area contributed by atoms with Crippen LogP contribution in [-0.2, 0) is 17.9 Å². The molecule has 0 radical (unpaired) electrons. The highest BCUT2D eigenvalue weighted by Crippen LogP contribution is 2.35. The van der Waals surface area contributed by atoms with Crippen LogP contribution in [0.1, 0.15) is 35.9 Å². The standard InChI is InChI=1S/C19H28ClN3O2S/c1-26(2,3)10-9-25-13-23-17(12-15(22-23)11-14-6-7-14)18(24)16-5-4-8-21-19(16)20/h4-5,8,12,14,18,24H,6-7,9-11,13H2,1-3H3. The number of aliphatic hydroxyl groups is 1. The Morgan fingerprint density at radius 2 is 2.15 bits per heavy atom. The summed E-state index contributed by atoms with van der Waals surface area (Å²) in [5.74, 6) is 1.78. The van der Waals surface area contributed by atoms with Gasteiger partial charge in [-0.15, -0.1) is 0 Å². The number of ether oxygens (including phenoxy) is 1. The Hall–Kier alpha value is -1.08. The van der Waals surface area contributed by atoms with E-state index in [1.54, 1.807) is 23.0 Å². The van der Waals surface area contributed by atoms with Crippen molar-refractivity contribution >= 4 is 21.6 Å². The monoisotopic (exact) mass is 397 g/mol. The van der Waals surface area contributed by atoms with Crippen LogP contribution >= 0.6 is 21.6 Å². The minimum absolute atomic E-state index is 0.314. The predicted octanol–water partition coefficient (Wildman–Crippen LogP) is 3.63. The molecule has 2 heterocycles. The van der Waals surface area contributed by atoms with Gasteiger partial charge in [-0.25, -0.2) is 19.7 Å². The summed E-state index contributed by atoms with van der Waals surface area (Å²) < 4.78 is 7.62. The first kappa shape index (κ1) is 19.7. The van der Waals surface area contributed by atoms with Crippen LogP contribution in [0, 0.1) is 5.92 Å². The first-order chi connectivity index (χ1) is 12.3. The van der Waals surface area contributed by atoms with Gasteiger partial charge in [-0.3, -0.25) is 0 Å². The molecule has 144 valence electrons. The van der Waals surface area contributed by atoms with Crippen LogP contribution in [0.2, 0.25) is 5.15 Å². The molecule has 1 saturated carbocycles. The van der Waals surface area contributed by atoms with Crippen molar-refractivity contribution in [3.63, 3.8) is 0 Å². The van der Waals surface area contributed by atoms with E-state index in [1.807, 2.05) is 6.07 Å². The summed E-state index contributed by atoms with van der Waals surface area (Å²) in [5, 5.41) is 15.9. The van der Waals surface area contributed by atoms with Gasteiger partial charge >= 0.3 is 0 Å². The minimum Gasteiger partial charge on any atom is -0.382 e. The quantitative estimate of drug-likeness (QED) is 0.518. The van der Waals surface area contributed by atoms with E-state index in [1.165, 1.54) is 12.8 Å². The van der Waals surface area contributed by atoms with Gasteiger partial charge in [-0.05, 0) is 56.1 Å². The van der Waals surface area contributed by atoms with Crippen molar-refractivity contribution in [2.24, 2.45) is 5.92 Å². The molecule has 3 rings (SSSR count). The first-order valence-corrected chi connectivity index (χ1v) is 12.3. The molecule has 1 unspecified atom stereocenters. The topological polar surface area (TPSA) is 60.2 Å². The molecule has 0 bridgehead atoms. The maximum atomic E-state index is 10.9. The number of aromatic nitrogens is 3. The largest absolute Gasteiger partial charge is 0.382 e. The van der Waals surface area contributed by atoms with E-state index >= 15 is 0 Å². The maximum Gasteiger partial charge on any atom is 0.139 e. The summed E-state index contributed by atoms with van der Waals surface area (Å²) in [7, 11) is -0.586. The molecule has 0 aliphatic heterocycles. The fourth-order valence-corrected chi connectivity index (χ4v) is 3.59. The van der Waals surface area contributed by atoms with Gasteiger partial charge in [-0.2, -0.15) is 5.10 Å². The number of hydrogen-bond donors (Lipinski definition) is 1. The van der Waals surface area contributed by atoms with E-state index in [0.29, 0.717) is 29.7 Å². The second kappa shape index (κ2) is 8.30. The van der Waals surface area contributed by atoms with Crippen molar-refractivity contribution in [2.75, 3.05) is 31.1 Å². The number of rotatable bonds is 9. The van der Waals surface area contributed by atoms with Crippen molar-refractivity contribution in [1.29, 1.82) is 0 Å². The van der Waals surface area contributed by atoms with Gasteiger partial charge in [0, 0.05) is 17.5 Å². The first-order valence-electron chi connectivity index (χ1n) is 8.92. The fraction of sp³-hybridized carbons (Fsp3) is 0.579. The Kier molecular flexibility index (Phi) is 6.28. The molecular weight excluding hydrogens is 370 g/mol. The van der Waals surface area contributed by atoms with E-state index in [-0.39, 0.29) is 0 Å². The van der Waals surface area contributed by atoms with E-state index < -0.39 is 16.1 Å². The summed E-state index contributed by atoms with van der Waals surface area (Å²) >= 11 is 6.17. The minimum atomic E-state index is -0.867. The molecule has 26 heavy (non-hydrogen) atoms. The smallest absolute Gasteiger partial charge is 0.139 e. The lowest BCUT2D eigenvalue weighted by molar-refractivity contribution is 0.0722. The Labute approximate surface area is 162 Å². The Morgan fingerprint density at radius 3 is 2.81 bits per heavy atom. The van der Waals surface area contributed by atoms with E-state index in [4.69, 9.17) is 16.3 Å². The fourth-order valence-electron chi connectivity index (χ4n) is 2.75. The normalized spacial score (nSPS) is 16.7. The van der Waals surface area contributed by atoms with Crippen LogP contribution in [0.4, 0.5) is 0 Å². The van der Waals surface area contributed by atoms with Crippen LogP contribution < -0.4 is 0 Å². The summed E-state index contributed by atoms with van der Waals surface area (Å²) in [5.41, 5.74) is 2.30. The van der Waals surface area contributed by atoms with Crippen LogP contribution in [0.3, 0.4) is 0 Å². The summed E-state index contributed by atoms with van der Waals surface area (Å²) in [6, 6.07) is 5.55. The highest BCUT2D eigenvalue weighted by atomic mass is 35.5. The third kappa shape index (κ3) is 5.46. The molecule has 1 N–H and O–H groups in total. The molecule has 5 nitrogen and oxygen atoms in total. The number of aliphatic hydroxyl groups excluding tert-OH is 1.